The van der Waals surface area contributed by atoms with E-state index >= 15 is 0 Å². The molecule has 1 aliphatic heterocycles. The summed E-state index contributed by atoms with van der Waals surface area (Å²) >= 11 is 2.03. The van der Waals surface area contributed by atoms with Gasteiger partial charge < -0.3 is 10.1 Å². The Balaban J connectivity index is 1.76. The predicted molar refractivity (Wildman–Crippen MR) is 72.7 cm³/mol. The van der Waals surface area contributed by atoms with Crippen molar-refractivity contribution in [1.82, 2.24) is 9.78 Å². The van der Waals surface area contributed by atoms with E-state index in [1.807, 2.05) is 22.6 Å². The molecular formula is C12H21N3OS. The summed E-state index contributed by atoms with van der Waals surface area (Å²) in [7, 11) is 1.73. The number of hydrogen-bond acceptors (Lipinski definition) is 4. The van der Waals surface area contributed by atoms with Gasteiger partial charge in [0.25, 0.3) is 0 Å². The van der Waals surface area contributed by atoms with E-state index in [4.69, 9.17) is 4.74 Å². The van der Waals surface area contributed by atoms with E-state index in [9.17, 15) is 0 Å². The molecule has 2 heterocycles. The van der Waals surface area contributed by atoms with Gasteiger partial charge in [-0.15, -0.1) is 0 Å². The van der Waals surface area contributed by atoms with Crippen LogP contribution in [0.5, 0.6) is 0 Å². The van der Waals surface area contributed by atoms with Crippen molar-refractivity contribution in [3.63, 3.8) is 0 Å². The second kappa shape index (κ2) is 6.91. The van der Waals surface area contributed by atoms with Gasteiger partial charge in [0.15, 0.2) is 0 Å². The highest BCUT2D eigenvalue weighted by molar-refractivity contribution is 7.99. The van der Waals surface area contributed by atoms with Gasteiger partial charge in [-0.2, -0.15) is 16.9 Å². The number of hydrogen-bond donors (Lipinski definition) is 1. The summed E-state index contributed by atoms with van der Waals surface area (Å²) in [5, 5.41) is 8.02. The Morgan fingerprint density at radius 3 is 3.35 bits per heavy atom. The number of rotatable bonds is 6. The minimum Gasteiger partial charge on any atom is -0.385 e. The molecular weight excluding hydrogens is 234 g/mol. The third-order valence-corrected chi connectivity index (χ3v) is 4.10. The Hall–Kier alpha value is -0.680. The molecule has 1 fully saturated rings. The summed E-state index contributed by atoms with van der Waals surface area (Å²) in [5.74, 6) is 3.52. The molecule has 96 valence electrons. The van der Waals surface area contributed by atoms with Gasteiger partial charge in [0, 0.05) is 44.3 Å². The Labute approximate surface area is 107 Å². The SMILES string of the molecule is COCCCn1ccc(N[C@@H]2CCCSC2)n1. The fraction of sp³-hybridized carbons (Fsp3) is 0.750. The van der Waals surface area contributed by atoms with Crippen LogP contribution in [-0.4, -0.2) is 41.0 Å². The van der Waals surface area contributed by atoms with Gasteiger partial charge in [-0.1, -0.05) is 0 Å². The molecule has 4 nitrogen and oxygen atoms in total. The van der Waals surface area contributed by atoms with Crippen molar-refractivity contribution in [2.24, 2.45) is 0 Å². The summed E-state index contributed by atoms with van der Waals surface area (Å²) in [6, 6.07) is 2.66. The molecule has 1 atom stereocenters. The van der Waals surface area contributed by atoms with E-state index < -0.39 is 0 Å². The second-order valence-electron chi connectivity index (χ2n) is 4.37. The Morgan fingerprint density at radius 1 is 1.65 bits per heavy atom. The third-order valence-electron chi connectivity index (χ3n) is 2.89. The van der Waals surface area contributed by atoms with Gasteiger partial charge in [0.2, 0.25) is 0 Å². The standard InChI is InChI=1S/C12H21N3OS/c1-16-8-3-6-15-7-5-12(14-15)13-11-4-2-9-17-10-11/h5,7,11H,2-4,6,8-10H2,1H3,(H,13,14)/t11-/m1/s1. The molecule has 1 aliphatic rings. The molecule has 0 aromatic carbocycles. The average molecular weight is 255 g/mol. The maximum Gasteiger partial charge on any atom is 0.148 e. The molecule has 1 saturated heterocycles. The lowest BCUT2D eigenvalue weighted by Crippen LogP contribution is -2.25. The molecule has 5 heteroatoms. The van der Waals surface area contributed by atoms with E-state index in [0.717, 1.165) is 25.4 Å². The van der Waals surface area contributed by atoms with E-state index in [-0.39, 0.29) is 0 Å². The lowest BCUT2D eigenvalue weighted by molar-refractivity contribution is 0.189. The monoisotopic (exact) mass is 255 g/mol. The van der Waals surface area contributed by atoms with Gasteiger partial charge in [0.1, 0.15) is 5.82 Å². The van der Waals surface area contributed by atoms with Gasteiger partial charge in [-0.3, -0.25) is 4.68 Å². The summed E-state index contributed by atoms with van der Waals surface area (Å²) in [6.45, 7) is 1.72. The molecule has 1 aromatic heterocycles. The van der Waals surface area contributed by atoms with Crippen molar-refractivity contribution >= 4 is 17.6 Å². The largest absolute Gasteiger partial charge is 0.385 e. The van der Waals surface area contributed by atoms with Crippen LogP contribution in [0.4, 0.5) is 5.82 Å². The molecule has 17 heavy (non-hydrogen) atoms. The summed E-state index contributed by atoms with van der Waals surface area (Å²) in [4.78, 5) is 0. The first-order chi connectivity index (χ1) is 8.38. The van der Waals surface area contributed by atoms with Gasteiger partial charge in [0.05, 0.1) is 0 Å². The quantitative estimate of drug-likeness (QED) is 0.791. The molecule has 0 saturated carbocycles. The number of thioether (sulfide) groups is 1. The zero-order chi connectivity index (χ0) is 11.9. The summed E-state index contributed by atoms with van der Waals surface area (Å²) in [6.07, 6.45) is 5.63. The maximum absolute atomic E-state index is 5.03. The van der Waals surface area contributed by atoms with Crippen LogP contribution in [0.15, 0.2) is 12.3 Å². The van der Waals surface area contributed by atoms with Crippen molar-refractivity contribution < 1.29 is 4.74 Å². The molecule has 2 rings (SSSR count). The fourth-order valence-corrected chi connectivity index (χ4v) is 3.07. The molecule has 0 unspecified atom stereocenters. The van der Waals surface area contributed by atoms with E-state index in [2.05, 4.69) is 16.5 Å². The number of nitrogens with zero attached hydrogens (tertiary/aromatic N) is 2. The number of nitrogens with one attached hydrogen (secondary N) is 1. The maximum atomic E-state index is 5.03. The van der Waals surface area contributed by atoms with Crippen LogP contribution >= 0.6 is 11.8 Å². The lowest BCUT2D eigenvalue weighted by Gasteiger charge is -2.22. The smallest absolute Gasteiger partial charge is 0.148 e. The molecule has 1 aromatic rings. The molecule has 0 bridgehead atoms. The summed E-state index contributed by atoms with van der Waals surface area (Å²) < 4.78 is 7.02. The van der Waals surface area contributed by atoms with E-state index in [1.165, 1.54) is 24.3 Å². The zero-order valence-electron chi connectivity index (χ0n) is 10.4. The second-order valence-corrected chi connectivity index (χ2v) is 5.52. The van der Waals surface area contributed by atoms with Crippen LogP contribution in [0.2, 0.25) is 0 Å². The number of aromatic nitrogens is 2. The molecule has 0 amide bonds. The first-order valence-electron chi connectivity index (χ1n) is 6.25. The fourth-order valence-electron chi connectivity index (χ4n) is 2.00. The van der Waals surface area contributed by atoms with Crippen LogP contribution in [0, 0.1) is 0 Å². The van der Waals surface area contributed by atoms with Crippen molar-refractivity contribution in [2.45, 2.75) is 31.8 Å². The molecule has 1 N–H and O–H groups in total. The van der Waals surface area contributed by atoms with Crippen LogP contribution in [0.3, 0.4) is 0 Å². The first-order valence-corrected chi connectivity index (χ1v) is 7.40. The molecule has 0 aliphatic carbocycles. The van der Waals surface area contributed by atoms with Gasteiger partial charge >= 0.3 is 0 Å². The highest BCUT2D eigenvalue weighted by atomic mass is 32.2. The predicted octanol–water partition coefficient (Wildman–Crippen LogP) is 2.23. The first kappa shape index (κ1) is 12.8. The number of aryl methyl sites for hydroxylation is 1. The number of ether oxygens (including phenoxy) is 1. The van der Waals surface area contributed by atoms with E-state index in [1.54, 1.807) is 7.11 Å². The molecule has 0 spiro atoms. The third kappa shape index (κ3) is 4.24. The van der Waals surface area contributed by atoms with Crippen molar-refractivity contribution in [3.05, 3.63) is 12.3 Å². The van der Waals surface area contributed by atoms with Crippen molar-refractivity contribution in [1.29, 1.82) is 0 Å². The lowest BCUT2D eigenvalue weighted by atomic mass is 10.2. The Bertz CT molecular complexity index is 323. The highest BCUT2D eigenvalue weighted by Gasteiger charge is 2.14. The zero-order valence-corrected chi connectivity index (χ0v) is 11.2. The minimum atomic E-state index is 0.594. The summed E-state index contributed by atoms with van der Waals surface area (Å²) in [5.41, 5.74) is 0. The van der Waals surface area contributed by atoms with Crippen molar-refractivity contribution in [2.75, 3.05) is 30.5 Å². The van der Waals surface area contributed by atoms with Crippen LogP contribution < -0.4 is 5.32 Å². The number of methoxy groups -OCH3 is 1. The van der Waals surface area contributed by atoms with Gasteiger partial charge in [-0.05, 0) is 25.0 Å². The Morgan fingerprint density at radius 2 is 2.59 bits per heavy atom. The van der Waals surface area contributed by atoms with Crippen LogP contribution in [0.25, 0.3) is 0 Å². The molecule has 0 radical (unpaired) electrons. The number of anilines is 1. The average Bonchev–Trinajstić information content (AvgIpc) is 2.79. The topological polar surface area (TPSA) is 39.1 Å². The highest BCUT2D eigenvalue weighted by Crippen LogP contribution is 2.19. The Kier molecular flexibility index (Phi) is 5.19. The minimum absolute atomic E-state index is 0.594. The van der Waals surface area contributed by atoms with Gasteiger partial charge in [-0.25, -0.2) is 0 Å². The van der Waals surface area contributed by atoms with Crippen molar-refractivity contribution in [3.8, 4) is 0 Å². The van der Waals surface area contributed by atoms with Crippen LogP contribution in [0.1, 0.15) is 19.3 Å². The van der Waals surface area contributed by atoms with E-state index in [0.29, 0.717) is 6.04 Å². The van der Waals surface area contributed by atoms with Crippen LogP contribution in [-0.2, 0) is 11.3 Å². The normalized spacial score (nSPS) is 20.4.